The van der Waals surface area contributed by atoms with E-state index in [1.54, 1.807) is 19.1 Å². The Bertz CT molecular complexity index is 1100. The van der Waals surface area contributed by atoms with Crippen molar-refractivity contribution in [1.82, 2.24) is 10.2 Å². The van der Waals surface area contributed by atoms with Crippen molar-refractivity contribution in [2.75, 3.05) is 18.5 Å². The van der Waals surface area contributed by atoms with E-state index in [4.69, 9.17) is 15.2 Å². The molecule has 0 saturated carbocycles. The molecule has 1 aliphatic rings. The van der Waals surface area contributed by atoms with Gasteiger partial charge in [-0.2, -0.15) is 18.3 Å². The number of nitrogens with two attached hydrogens (primary N) is 1. The Balaban J connectivity index is 1.67. The fourth-order valence-corrected chi connectivity index (χ4v) is 3.48. The molecule has 1 aliphatic heterocycles. The summed E-state index contributed by atoms with van der Waals surface area (Å²) in [6.07, 6.45) is -5.40. The number of hydrogen-bond acceptors (Lipinski definition) is 6. The molecular formula is C21H20F4N4O2. The minimum Gasteiger partial charge on any atom is -0.488 e. The lowest BCUT2D eigenvalue weighted by atomic mass is 10.1. The number of aryl methyl sites for hydroxylation is 1. The predicted molar refractivity (Wildman–Crippen MR) is 106 cm³/mol. The Morgan fingerprint density at radius 2 is 2.00 bits per heavy atom. The largest absolute Gasteiger partial charge is 0.488 e. The summed E-state index contributed by atoms with van der Waals surface area (Å²) >= 11 is 0. The monoisotopic (exact) mass is 436 g/mol. The second kappa shape index (κ2) is 8.27. The molecule has 4 rings (SSSR count). The van der Waals surface area contributed by atoms with E-state index >= 15 is 0 Å². The molecule has 6 nitrogen and oxygen atoms in total. The molecule has 1 fully saturated rings. The second-order valence-electron chi connectivity index (χ2n) is 7.27. The molecule has 164 valence electrons. The van der Waals surface area contributed by atoms with Gasteiger partial charge in [-0.1, -0.05) is 12.1 Å². The second-order valence-corrected chi connectivity index (χ2v) is 7.27. The van der Waals surface area contributed by atoms with Crippen molar-refractivity contribution in [3.05, 3.63) is 59.0 Å². The summed E-state index contributed by atoms with van der Waals surface area (Å²) in [5, 5.41) is 12.3. The van der Waals surface area contributed by atoms with Gasteiger partial charge in [0, 0.05) is 22.8 Å². The molecule has 2 aromatic carbocycles. The number of alkyl halides is 3. The third-order valence-corrected chi connectivity index (χ3v) is 5.09. The first-order chi connectivity index (χ1) is 14.7. The van der Waals surface area contributed by atoms with Crippen LogP contribution >= 0.6 is 0 Å². The van der Waals surface area contributed by atoms with Gasteiger partial charge in [0.25, 0.3) is 0 Å². The first-order valence-corrected chi connectivity index (χ1v) is 9.63. The van der Waals surface area contributed by atoms with Crippen LogP contribution in [0.3, 0.4) is 0 Å². The molecule has 1 saturated heterocycles. The quantitative estimate of drug-likeness (QED) is 0.458. The molecule has 0 bridgehead atoms. The fourth-order valence-electron chi connectivity index (χ4n) is 3.48. The van der Waals surface area contributed by atoms with Crippen LogP contribution in [0.2, 0.25) is 0 Å². The molecule has 3 N–H and O–H groups in total. The average molecular weight is 436 g/mol. The first kappa shape index (κ1) is 21.3. The van der Waals surface area contributed by atoms with E-state index in [1.165, 1.54) is 6.07 Å². The van der Waals surface area contributed by atoms with E-state index in [1.807, 2.05) is 6.07 Å². The van der Waals surface area contributed by atoms with Crippen LogP contribution in [0, 0.1) is 12.7 Å². The van der Waals surface area contributed by atoms with Crippen LogP contribution in [-0.4, -0.2) is 29.5 Å². The van der Waals surface area contributed by atoms with Gasteiger partial charge in [0.05, 0.1) is 24.5 Å². The Kier molecular flexibility index (Phi) is 5.67. The van der Waals surface area contributed by atoms with Gasteiger partial charge in [-0.05, 0) is 31.2 Å². The van der Waals surface area contributed by atoms with Crippen molar-refractivity contribution in [2.45, 2.75) is 31.8 Å². The van der Waals surface area contributed by atoms with Gasteiger partial charge in [0.2, 0.25) is 0 Å². The van der Waals surface area contributed by atoms with E-state index in [9.17, 15) is 17.6 Å². The molecule has 2 heterocycles. The van der Waals surface area contributed by atoms with Gasteiger partial charge in [0.15, 0.2) is 5.82 Å². The van der Waals surface area contributed by atoms with Crippen molar-refractivity contribution in [3.63, 3.8) is 0 Å². The van der Waals surface area contributed by atoms with Gasteiger partial charge >= 0.3 is 6.18 Å². The first-order valence-electron chi connectivity index (χ1n) is 9.63. The number of nitrogens with one attached hydrogen (secondary N) is 1. The molecule has 31 heavy (non-hydrogen) atoms. The van der Waals surface area contributed by atoms with Gasteiger partial charge < -0.3 is 20.5 Å². The van der Waals surface area contributed by atoms with Crippen LogP contribution in [0.15, 0.2) is 36.4 Å². The van der Waals surface area contributed by atoms with E-state index in [0.717, 1.165) is 17.9 Å². The number of hydrogen-bond donors (Lipinski definition) is 2. The summed E-state index contributed by atoms with van der Waals surface area (Å²) < 4.78 is 64.8. The lowest BCUT2D eigenvalue weighted by Crippen LogP contribution is -2.24. The number of benzene rings is 2. The summed E-state index contributed by atoms with van der Waals surface area (Å²) in [6, 6.07) is 8.32. The van der Waals surface area contributed by atoms with Crippen LogP contribution in [0.4, 0.5) is 23.4 Å². The maximum atomic E-state index is 14.5. The molecule has 0 radical (unpaired) electrons. The highest BCUT2D eigenvalue weighted by Gasteiger charge is 2.35. The lowest BCUT2D eigenvalue weighted by Gasteiger charge is -2.19. The normalized spacial score (nSPS) is 17.7. The van der Waals surface area contributed by atoms with E-state index in [0.29, 0.717) is 36.1 Å². The average Bonchev–Trinajstić information content (AvgIpc) is 3.22. The summed E-state index contributed by atoms with van der Waals surface area (Å²) in [5.41, 5.74) is 4.94. The van der Waals surface area contributed by atoms with Crippen molar-refractivity contribution in [1.29, 1.82) is 0 Å². The molecule has 2 atom stereocenters. The van der Waals surface area contributed by atoms with Gasteiger partial charge in [-0.3, -0.25) is 0 Å². The molecule has 0 spiro atoms. The van der Waals surface area contributed by atoms with E-state index in [2.05, 4.69) is 15.5 Å². The van der Waals surface area contributed by atoms with Crippen LogP contribution in [0.5, 0.6) is 5.75 Å². The third kappa shape index (κ3) is 4.40. The SMILES string of the molecule is Cc1nnc(N[C@H](N)c2cccc(C(F)(F)F)c2F)c2cc(O[C@H]3CCOC3)ccc12. The highest BCUT2D eigenvalue weighted by atomic mass is 19.4. The van der Waals surface area contributed by atoms with Crippen molar-refractivity contribution in [3.8, 4) is 5.75 Å². The van der Waals surface area contributed by atoms with Gasteiger partial charge in [-0.15, -0.1) is 5.10 Å². The third-order valence-electron chi connectivity index (χ3n) is 5.09. The van der Waals surface area contributed by atoms with Gasteiger partial charge in [0.1, 0.15) is 23.8 Å². The molecule has 1 aromatic heterocycles. The number of anilines is 1. The highest BCUT2D eigenvalue weighted by molar-refractivity contribution is 5.94. The number of nitrogens with zero attached hydrogens (tertiary/aromatic N) is 2. The number of fused-ring (bicyclic) bond motifs is 1. The van der Waals surface area contributed by atoms with Crippen LogP contribution in [0.25, 0.3) is 10.8 Å². The van der Waals surface area contributed by atoms with E-state index < -0.39 is 23.7 Å². The highest BCUT2D eigenvalue weighted by Crippen LogP contribution is 2.34. The smallest absolute Gasteiger partial charge is 0.419 e. The Hall–Kier alpha value is -2.98. The molecule has 10 heteroatoms. The molecule has 0 amide bonds. The van der Waals surface area contributed by atoms with Crippen molar-refractivity contribution < 1.29 is 27.0 Å². The molecule has 0 unspecified atom stereocenters. The standard InChI is InChI=1S/C21H20F4N4O2/c1-11-14-6-5-12(31-13-7-8-30-10-13)9-16(14)20(29-28-11)27-19(26)15-3-2-4-17(18(15)22)21(23,24)25/h2-6,9,13,19H,7-8,10,26H2,1H3,(H,27,29)/t13-,19-/m0/s1. The van der Waals surface area contributed by atoms with Crippen molar-refractivity contribution >= 4 is 16.6 Å². The number of aromatic nitrogens is 2. The van der Waals surface area contributed by atoms with Crippen LogP contribution in [0.1, 0.15) is 29.4 Å². The predicted octanol–water partition coefficient (Wildman–Crippen LogP) is 4.33. The van der Waals surface area contributed by atoms with Crippen molar-refractivity contribution in [2.24, 2.45) is 5.73 Å². The zero-order chi connectivity index (χ0) is 22.2. The van der Waals surface area contributed by atoms with Crippen LogP contribution in [-0.2, 0) is 10.9 Å². The van der Waals surface area contributed by atoms with Gasteiger partial charge in [-0.25, -0.2) is 4.39 Å². The van der Waals surface area contributed by atoms with Crippen LogP contribution < -0.4 is 15.8 Å². The molecule has 0 aliphatic carbocycles. The zero-order valence-corrected chi connectivity index (χ0v) is 16.5. The maximum Gasteiger partial charge on any atom is 0.419 e. The number of rotatable bonds is 5. The Labute approximate surface area is 175 Å². The van der Waals surface area contributed by atoms with E-state index in [-0.39, 0.29) is 17.5 Å². The molecular weight excluding hydrogens is 416 g/mol. The minimum atomic E-state index is -4.83. The summed E-state index contributed by atoms with van der Waals surface area (Å²) in [6.45, 7) is 2.90. The topological polar surface area (TPSA) is 82.3 Å². The lowest BCUT2D eigenvalue weighted by molar-refractivity contribution is -0.140. The maximum absolute atomic E-state index is 14.5. The summed E-state index contributed by atoms with van der Waals surface area (Å²) in [4.78, 5) is 0. The summed E-state index contributed by atoms with van der Waals surface area (Å²) in [5.74, 6) is -0.639. The fraction of sp³-hybridized carbons (Fsp3) is 0.333. The Morgan fingerprint density at radius 3 is 2.71 bits per heavy atom. The number of ether oxygens (including phenoxy) is 2. The summed E-state index contributed by atoms with van der Waals surface area (Å²) in [7, 11) is 0. The molecule has 3 aromatic rings. The Morgan fingerprint density at radius 1 is 1.19 bits per heavy atom. The minimum absolute atomic E-state index is 0.0637. The zero-order valence-electron chi connectivity index (χ0n) is 16.5. The number of halogens is 4.